The molecule has 0 saturated heterocycles. The molecule has 0 unspecified atom stereocenters. The Balaban J connectivity index is 2.83. The zero-order valence-corrected chi connectivity index (χ0v) is 10.4. The third-order valence-corrected chi connectivity index (χ3v) is 4.19. The molecule has 4 nitrogen and oxygen atoms in total. The van der Waals surface area contributed by atoms with Gasteiger partial charge in [-0.05, 0) is 22.0 Å². The highest BCUT2D eigenvalue weighted by Gasteiger charge is 2.26. The quantitative estimate of drug-likeness (QED) is 0.838. The molecule has 1 aromatic rings. The standard InChI is InChI=1S/C8H6BrClO4S/c9-5-2-3(15-6(5)10)1-4(7(11)12)8(13)14/h2,4H,1H2,(H,11,12)(H,13,14). The summed E-state index contributed by atoms with van der Waals surface area (Å²) < 4.78 is 1.14. The molecule has 7 heteroatoms. The molecule has 0 aliphatic carbocycles. The first-order valence-electron chi connectivity index (χ1n) is 3.81. The monoisotopic (exact) mass is 312 g/mol. The van der Waals surface area contributed by atoms with Gasteiger partial charge in [-0.15, -0.1) is 11.3 Å². The molecule has 0 atom stereocenters. The van der Waals surface area contributed by atoms with Crippen molar-refractivity contribution in [2.24, 2.45) is 5.92 Å². The fourth-order valence-electron chi connectivity index (χ4n) is 0.973. The highest BCUT2D eigenvalue weighted by Crippen LogP contribution is 2.33. The van der Waals surface area contributed by atoms with Crippen LogP contribution in [0.15, 0.2) is 10.5 Å². The second kappa shape index (κ2) is 4.96. The van der Waals surface area contributed by atoms with Crippen LogP contribution in [0.4, 0.5) is 0 Å². The van der Waals surface area contributed by atoms with E-state index in [4.69, 9.17) is 21.8 Å². The van der Waals surface area contributed by atoms with E-state index in [1.165, 1.54) is 11.3 Å². The van der Waals surface area contributed by atoms with E-state index in [9.17, 15) is 9.59 Å². The van der Waals surface area contributed by atoms with E-state index in [-0.39, 0.29) is 6.42 Å². The van der Waals surface area contributed by atoms with Crippen LogP contribution in [0.25, 0.3) is 0 Å². The summed E-state index contributed by atoms with van der Waals surface area (Å²) in [6.07, 6.45) is -0.0549. The number of thiophene rings is 1. The Morgan fingerprint density at radius 2 is 2.00 bits per heavy atom. The predicted molar refractivity (Wildman–Crippen MR) is 59.5 cm³/mol. The van der Waals surface area contributed by atoms with Gasteiger partial charge >= 0.3 is 11.9 Å². The number of aliphatic carboxylic acids is 2. The van der Waals surface area contributed by atoms with Crippen LogP contribution in [0.3, 0.4) is 0 Å². The number of carbonyl (C=O) groups is 2. The molecule has 0 saturated carbocycles. The fourth-order valence-corrected chi connectivity index (χ4v) is 2.81. The Kier molecular flexibility index (Phi) is 4.12. The highest BCUT2D eigenvalue weighted by atomic mass is 79.9. The number of hydrogen-bond acceptors (Lipinski definition) is 3. The van der Waals surface area contributed by atoms with Gasteiger partial charge in [0.25, 0.3) is 0 Å². The Morgan fingerprint density at radius 3 is 2.33 bits per heavy atom. The van der Waals surface area contributed by atoms with Crippen molar-refractivity contribution in [2.75, 3.05) is 0 Å². The van der Waals surface area contributed by atoms with E-state index in [1.807, 2.05) is 0 Å². The molecule has 0 fully saturated rings. The van der Waals surface area contributed by atoms with Gasteiger partial charge in [0.2, 0.25) is 0 Å². The van der Waals surface area contributed by atoms with Gasteiger partial charge in [0.05, 0.1) is 0 Å². The van der Waals surface area contributed by atoms with Crippen LogP contribution >= 0.6 is 38.9 Å². The van der Waals surface area contributed by atoms with E-state index in [1.54, 1.807) is 6.07 Å². The van der Waals surface area contributed by atoms with Crippen LogP contribution in [0.1, 0.15) is 4.88 Å². The maximum atomic E-state index is 10.6. The van der Waals surface area contributed by atoms with Crippen LogP contribution < -0.4 is 0 Å². The molecular weight excluding hydrogens is 308 g/mol. The normalized spacial score (nSPS) is 10.6. The molecule has 0 amide bonds. The van der Waals surface area contributed by atoms with Crippen molar-refractivity contribution in [3.63, 3.8) is 0 Å². The minimum absolute atomic E-state index is 0.0549. The number of carboxylic acids is 2. The fraction of sp³-hybridized carbons (Fsp3) is 0.250. The van der Waals surface area contributed by atoms with Gasteiger partial charge in [-0.25, -0.2) is 0 Å². The topological polar surface area (TPSA) is 74.6 Å². The Morgan fingerprint density at radius 1 is 1.47 bits per heavy atom. The first-order chi connectivity index (χ1) is 6.91. The van der Waals surface area contributed by atoms with Crippen molar-refractivity contribution in [2.45, 2.75) is 6.42 Å². The van der Waals surface area contributed by atoms with Gasteiger partial charge < -0.3 is 10.2 Å². The van der Waals surface area contributed by atoms with Crippen molar-refractivity contribution in [3.8, 4) is 0 Å². The molecule has 0 spiro atoms. The molecule has 0 aliphatic rings. The molecule has 15 heavy (non-hydrogen) atoms. The van der Waals surface area contributed by atoms with Crippen LogP contribution in [0.5, 0.6) is 0 Å². The Bertz CT molecular complexity index is 370. The lowest BCUT2D eigenvalue weighted by atomic mass is 10.1. The van der Waals surface area contributed by atoms with Gasteiger partial charge in [0, 0.05) is 15.8 Å². The molecule has 1 heterocycles. The summed E-state index contributed by atoms with van der Waals surface area (Å²) in [4.78, 5) is 21.9. The molecule has 0 aliphatic heterocycles. The summed E-state index contributed by atoms with van der Waals surface area (Å²) in [5, 5.41) is 17.3. The van der Waals surface area contributed by atoms with Gasteiger partial charge in [-0.3, -0.25) is 9.59 Å². The molecule has 0 radical (unpaired) electrons. The van der Waals surface area contributed by atoms with Gasteiger partial charge in [-0.2, -0.15) is 0 Å². The first kappa shape index (κ1) is 12.5. The van der Waals surface area contributed by atoms with Crippen molar-refractivity contribution in [3.05, 3.63) is 19.8 Å². The molecule has 0 bridgehead atoms. The summed E-state index contributed by atoms with van der Waals surface area (Å²) in [6, 6.07) is 1.63. The SMILES string of the molecule is O=C(O)C(Cc1cc(Br)c(Cl)s1)C(=O)O. The van der Waals surface area contributed by atoms with Crippen LogP contribution in [-0.4, -0.2) is 22.2 Å². The highest BCUT2D eigenvalue weighted by molar-refractivity contribution is 9.10. The second-order valence-corrected chi connectivity index (χ2v) is 5.36. The summed E-state index contributed by atoms with van der Waals surface area (Å²) >= 11 is 10.1. The lowest BCUT2D eigenvalue weighted by molar-refractivity contribution is -0.154. The molecule has 2 N–H and O–H groups in total. The first-order valence-corrected chi connectivity index (χ1v) is 5.80. The van der Waals surface area contributed by atoms with Crippen LogP contribution in [0.2, 0.25) is 4.34 Å². The smallest absolute Gasteiger partial charge is 0.318 e. The average molecular weight is 314 g/mol. The predicted octanol–water partition coefficient (Wildman–Crippen LogP) is 2.49. The average Bonchev–Trinajstić information content (AvgIpc) is 2.41. The minimum Gasteiger partial charge on any atom is -0.481 e. The number of carboxylic acid groups (broad SMARTS) is 2. The number of rotatable bonds is 4. The zero-order valence-electron chi connectivity index (χ0n) is 7.24. The van der Waals surface area contributed by atoms with Crippen LogP contribution in [0, 0.1) is 5.92 Å². The van der Waals surface area contributed by atoms with Gasteiger partial charge in [0.15, 0.2) is 5.92 Å². The summed E-state index contributed by atoms with van der Waals surface area (Å²) in [5.41, 5.74) is 0. The lowest BCUT2D eigenvalue weighted by Gasteiger charge is -2.04. The lowest BCUT2D eigenvalue weighted by Crippen LogP contribution is -2.25. The Hall–Kier alpha value is -0.590. The summed E-state index contributed by atoms with van der Waals surface area (Å²) in [6.45, 7) is 0. The molecule has 0 aromatic carbocycles. The van der Waals surface area contributed by atoms with E-state index < -0.39 is 17.9 Å². The minimum atomic E-state index is -1.42. The third-order valence-electron chi connectivity index (χ3n) is 1.70. The van der Waals surface area contributed by atoms with Crippen molar-refractivity contribution < 1.29 is 19.8 Å². The third kappa shape index (κ3) is 3.19. The Labute approximate surface area is 103 Å². The summed E-state index contributed by atoms with van der Waals surface area (Å²) in [7, 11) is 0. The van der Waals surface area contributed by atoms with E-state index in [0.29, 0.717) is 13.7 Å². The number of halogens is 2. The van der Waals surface area contributed by atoms with Crippen LogP contribution in [-0.2, 0) is 16.0 Å². The maximum Gasteiger partial charge on any atom is 0.318 e. The molecule has 82 valence electrons. The van der Waals surface area contributed by atoms with Crippen molar-refractivity contribution in [1.29, 1.82) is 0 Å². The molecule has 1 rings (SSSR count). The number of hydrogen-bond donors (Lipinski definition) is 2. The van der Waals surface area contributed by atoms with Gasteiger partial charge in [0.1, 0.15) is 4.34 Å². The van der Waals surface area contributed by atoms with E-state index in [0.717, 1.165) is 0 Å². The van der Waals surface area contributed by atoms with E-state index >= 15 is 0 Å². The van der Waals surface area contributed by atoms with Gasteiger partial charge in [-0.1, -0.05) is 11.6 Å². The maximum absolute atomic E-state index is 10.6. The van der Waals surface area contributed by atoms with E-state index in [2.05, 4.69) is 15.9 Å². The second-order valence-electron chi connectivity index (χ2n) is 2.77. The largest absolute Gasteiger partial charge is 0.481 e. The zero-order chi connectivity index (χ0) is 11.6. The molecular formula is C8H6BrClO4S. The molecule has 1 aromatic heterocycles. The van der Waals surface area contributed by atoms with Crippen molar-refractivity contribution >= 4 is 50.8 Å². The summed E-state index contributed by atoms with van der Waals surface area (Å²) in [5.74, 6) is -4.11. The van der Waals surface area contributed by atoms with Crippen molar-refractivity contribution in [1.82, 2.24) is 0 Å².